The van der Waals surface area contributed by atoms with Crippen LogP contribution >= 0.6 is 11.3 Å². The Morgan fingerprint density at radius 1 is 0.365 bits per heavy atom. The van der Waals surface area contributed by atoms with E-state index < -0.39 is 5.41 Å². The first-order chi connectivity index (χ1) is 25.8. The highest BCUT2D eigenvalue weighted by atomic mass is 32.1. The maximum atomic E-state index is 6.88. The number of para-hydroxylation sites is 2. The zero-order chi connectivity index (χ0) is 34.0. The molecular formula is C49H28O2S. The average Bonchev–Trinajstić information content (AvgIpc) is 3.83. The number of ether oxygens (including phenoxy) is 2. The van der Waals surface area contributed by atoms with Gasteiger partial charge in [-0.25, -0.2) is 0 Å². The standard InChI is InChI=1S/C49H28O2S/c1-4-15-39-33(12-1)34-13-2-5-16-40(34)49(39)41-28-32(20-22-35(41)37-23-24-44-48(47(37)49)51-43-18-7-6-17-42(43)50-44)30-11-9-10-29(26-30)31-21-25-46-38(27-31)36-14-3-8-19-45(36)52-46/h1-28H. The van der Waals surface area contributed by atoms with Crippen molar-refractivity contribution >= 4 is 31.5 Å². The van der Waals surface area contributed by atoms with Gasteiger partial charge in [0.05, 0.1) is 5.41 Å². The molecule has 0 N–H and O–H groups in total. The van der Waals surface area contributed by atoms with Gasteiger partial charge in [0.2, 0.25) is 0 Å². The quantitative estimate of drug-likeness (QED) is 0.181. The van der Waals surface area contributed by atoms with E-state index in [9.17, 15) is 0 Å². The third-order valence-electron chi connectivity index (χ3n) is 11.3. The molecule has 0 unspecified atom stereocenters. The van der Waals surface area contributed by atoms with Gasteiger partial charge in [-0.05, 0) is 110 Å². The first kappa shape index (κ1) is 28.3. The number of rotatable bonds is 2. The van der Waals surface area contributed by atoms with Crippen LogP contribution in [-0.4, -0.2) is 0 Å². The van der Waals surface area contributed by atoms with Crippen molar-refractivity contribution in [3.8, 4) is 67.5 Å². The zero-order valence-electron chi connectivity index (χ0n) is 27.9. The predicted molar refractivity (Wildman–Crippen MR) is 213 cm³/mol. The lowest BCUT2D eigenvalue weighted by Gasteiger charge is -2.33. The molecule has 0 saturated carbocycles. The summed E-state index contributed by atoms with van der Waals surface area (Å²) < 4.78 is 16.1. The minimum Gasteiger partial charge on any atom is -0.450 e. The van der Waals surface area contributed by atoms with Crippen molar-refractivity contribution in [2.75, 3.05) is 0 Å². The van der Waals surface area contributed by atoms with Crippen LogP contribution in [0.1, 0.15) is 22.3 Å². The van der Waals surface area contributed by atoms with E-state index in [1.165, 1.54) is 81.4 Å². The van der Waals surface area contributed by atoms with E-state index in [1.54, 1.807) is 0 Å². The molecule has 0 radical (unpaired) electrons. The van der Waals surface area contributed by atoms with Crippen LogP contribution in [0.4, 0.5) is 0 Å². The fourth-order valence-electron chi connectivity index (χ4n) is 9.17. The number of hydrogen-bond donors (Lipinski definition) is 0. The zero-order valence-corrected chi connectivity index (χ0v) is 28.7. The summed E-state index contributed by atoms with van der Waals surface area (Å²) >= 11 is 1.86. The minimum atomic E-state index is -0.586. The van der Waals surface area contributed by atoms with Crippen molar-refractivity contribution in [2.24, 2.45) is 0 Å². The summed E-state index contributed by atoms with van der Waals surface area (Å²) in [4.78, 5) is 0. The van der Waals surface area contributed by atoms with Crippen LogP contribution in [0.25, 0.3) is 64.7 Å². The van der Waals surface area contributed by atoms with E-state index in [2.05, 4.69) is 146 Å². The molecule has 1 spiro atoms. The SMILES string of the molecule is c1cc(-c2ccc3c(c2)C2(c4ccccc4-c4ccccc42)c2c-3ccc3c2Oc2ccccc2O3)cc(-c2ccc3sc4ccccc4c3c2)c1. The Balaban J connectivity index is 1.08. The van der Waals surface area contributed by atoms with E-state index in [1.807, 2.05) is 35.6 Å². The number of fused-ring (bicyclic) bond motifs is 16. The molecule has 0 saturated heterocycles. The average molecular weight is 681 g/mol. The molecule has 0 atom stereocenters. The Morgan fingerprint density at radius 2 is 0.962 bits per heavy atom. The largest absolute Gasteiger partial charge is 0.450 e. The van der Waals surface area contributed by atoms with Gasteiger partial charge in [-0.15, -0.1) is 11.3 Å². The van der Waals surface area contributed by atoms with Crippen molar-refractivity contribution in [3.63, 3.8) is 0 Å². The molecule has 3 heteroatoms. The second-order valence-corrected chi connectivity index (χ2v) is 15.0. The second-order valence-electron chi connectivity index (χ2n) is 14.0. The molecule has 3 aliphatic rings. The Hall–Kier alpha value is -6.42. The van der Waals surface area contributed by atoms with E-state index >= 15 is 0 Å². The van der Waals surface area contributed by atoms with Crippen molar-refractivity contribution in [1.29, 1.82) is 0 Å². The third kappa shape index (κ3) is 3.68. The van der Waals surface area contributed by atoms with Crippen LogP contribution in [0.3, 0.4) is 0 Å². The summed E-state index contributed by atoms with van der Waals surface area (Å²) in [6, 6.07) is 61.7. The van der Waals surface area contributed by atoms with E-state index in [4.69, 9.17) is 9.47 Å². The van der Waals surface area contributed by atoms with Gasteiger partial charge in [-0.3, -0.25) is 0 Å². The lowest BCUT2D eigenvalue weighted by Crippen LogP contribution is -2.27. The van der Waals surface area contributed by atoms with E-state index in [0.717, 1.165) is 28.6 Å². The third-order valence-corrected chi connectivity index (χ3v) is 12.5. The minimum absolute atomic E-state index is 0.586. The first-order valence-electron chi connectivity index (χ1n) is 17.7. The smallest absolute Gasteiger partial charge is 0.175 e. The van der Waals surface area contributed by atoms with Gasteiger partial charge >= 0.3 is 0 Å². The normalized spacial score (nSPS) is 13.8. The Bertz CT molecular complexity index is 2940. The fourth-order valence-corrected chi connectivity index (χ4v) is 10.3. The summed E-state index contributed by atoms with van der Waals surface area (Å²) in [6.45, 7) is 0. The lowest BCUT2D eigenvalue weighted by molar-refractivity contribution is 0.354. The van der Waals surface area contributed by atoms with Crippen molar-refractivity contribution in [1.82, 2.24) is 0 Å². The monoisotopic (exact) mass is 680 g/mol. The molecule has 0 fully saturated rings. The Morgan fingerprint density at radius 3 is 1.77 bits per heavy atom. The summed E-state index contributed by atoms with van der Waals surface area (Å²) in [5, 5.41) is 2.64. The second kappa shape index (κ2) is 10.3. The molecule has 52 heavy (non-hydrogen) atoms. The van der Waals surface area contributed by atoms with Gasteiger partial charge in [0.25, 0.3) is 0 Å². The molecule has 1 aliphatic heterocycles. The highest BCUT2D eigenvalue weighted by molar-refractivity contribution is 7.25. The highest BCUT2D eigenvalue weighted by Crippen LogP contribution is 2.67. The number of thiophene rings is 1. The lowest BCUT2D eigenvalue weighted by atomic mass is 9.70. The molecule has 2 aliphatic carbocycles. The van der Waals surface area contributed by atoms with E-state index in [0.29, 0.717) is 0 Å². The van der Waals surface area contributed by atoms with Crippen molar-refractivity contribution < 1.29 is 9.47 Å². The van der Waals surface area contributed by atoms with Crippen LogP contribution in [0.15, 0.2) is 170 Å². The molecule has 8 aromatic carbocycles. The molecule has 0 bridgehead atoms. The first-order valence-corrected chi connectivity index (χ1v) is 18.6. The van der Waals surface area contributed by atoms with Crippen molar-refractivity contribution in [2.45, 2.75) is 5.41 Å². The van der Waals surface area contributed by atoms with Crippen LogP contribution in [-0.2, 0) is 5.41 Å². The molecule has 1 aromatic heterocycles. The summed E-state index contributed by atoms with van der Waals surface area (Å²) in [5.74, 6) is 3.01. The maximum absolute atomic E-state index is 6.88. The fraction of sp³-hybridized carbons (Fsp3) is 0.0204. The summed E-state index contributed by atoms with van der Waals surface area (Å²) in [5.41, 5.74) is 14.1. The molecule has 0 amide bonds. The van der Waals surface area contributed by atoms with E-state index in [-0.39, 0.29) is 0 Å². The molecule has 9 aromatic rings. The van der Waals surface area contributed by atoms with Gasteiger partial charge in [0.15, 0.2) is 23.0 Å². The van der Waals surface area contributed by atoms with Crippen LogP contribution in [0, 0.1) is 0 Å². The van der Waals surface area contributed by atoms with Gasteiger partial charge < -0.3 is 9.47 Å². The van der Waals surface area contributed by atoms with Gasteiger partial charge in [-0.1, -0.05) is 121 Å². The maximum Gasteiger partial charge on any atom is 0.175 e. The molecule has 2 heterocycles. The van der Waals surface area contributed by atoms with Gasteiger partial charge in [0, 0.05) is 25.7 Å². The van der Waals surface area contributed by atoms with Crippen molar-refractivity contribution in [3.05, 3.63) is 192 Å². The topological polar surface area (TPSA) is 18.5 Å². The van der Waals surface area contributed by atoms with Crippen LogP contribution in [0.2, 0.25) is 0 Å². The Labute approximate surface area is 304 Å². The molecule has 2 nitrogen and oxygen atoms in total. The van der Waals surface area contributed by atoms with Gasteiger partial charge in [0.1, 0.15) is 0 Å². The summed E-state index contributed by atoms with van der Waals surface area (Å²) in [7, 11) is 0. The Kier molecular flexibility index (Phi) is 5.62. The van der Waals surface area contributed by atoms with Crippen LogP contribution < -0.4 is 9.47 Å². The number of benzene rings is 8. The predicted octanol–water partition coefficient (Wildman–Crippen LogP) is 13.6. The molecule has 12 rings (SSSR count). The molecule has 242 valence electrons. The number of hydrogen-bond acceptors (Lipinski definition) is 3. The summed E-state index contributed by atoms with van der Waals surface area (Å²) in [6.07, 6.45) is 0. The highest BCUT2D eigenvalue weighted by Gasteiger charge is 2.54. The molecular weight excluding hydrogens is 653 g/mol. The van der Waals surface area contributed by atoms with Crippen LogP contribution in [0.5, 0.6) is 23.0 Å². The van der Waals surface area contributed by atoms with Gasteiger partial charge in [-0.2, -0.15) is 0 Å².